The van der Waals surface area contributed by atoms with E-state index in [1.165, 1.54) is 160 Å². The lowest BCUT2D eigenvalue weighted by molar-refractivity contribution is 0.474. The second kappa shape index (κ2) is 24.2. The summed E-state index contributed by atoms with van der Waals surface area (Å²) in [5.74, 6) is 0.400. The molecule has 1 aromatic carbocycles. The van der Waals surface area contributed by atoms with Crippen LogP contribution in [0.25, 0.3) is 0 Å². The van der Waals surface area contributed by atoms with E-state index in [2.05, 4.69) is 13.0 Å². The molecule has 1 rings (SSSR count). The first-order valence-corrected chi connectivity index (χ1v) is 15.1. The first-order chi connectivity index (χ1) is 16.3. The van der Waals surface area contributed by atoms with E-state index < -0.39 is 0 Å². The number of phenolic OH excluding ortho intramolecular Hbond substituents is 1. The number of aromatic hydroxyl groups is 1. The van der Waals surface area contributed by atoms with Crippen LogP contribution < -0.4 is 0 Å². The summed E-state index contributed by atoms with van der Waals surface area (Å²) in [6, 6.07) is 7.73. The lowest BCUT2D eigenvalue weighted by Crippen LogP contribution is -1.86. The molecule has 192 valence electrons. The molecule has 0 radical (unpaired) electrons. The molecular formula is C32H58O. The molecule has 0 fully saturated rings. The number of unbranched alkanes of at least 4 members (excludes halogenated alkanes) is 23. The predicted octanol–water partition coefficient (Wildman–Crippen LogP) is 11.3. The summed E-state index contributed by atoms with van der Waals surface area (Å²) in [6.07, 6.45) is 35.6. The molecule has 0 heterocycles. The van der Waals surface area contributed by atoms with E-state index in [-0.39, 0.29) is 0 Å². The number of benzene rings is 1. The maximum absolute atomic E-state index is 9.50. The fourth-order valence-electron chi connectivity index (χ4n) is 5.00. The van der Waals surface area contributed by atoms with Gasteiger partial charge in [0.25, 0.3) is 0 Å². The standard InChI is InChI=1S/C32H58O/c1-2-3-4-5-6-7-8-9-10-11-12-13-14-15-16-17-18-19-20-21-22-23-24-25-27-31-28-26-29-32(33)30-31/h26,28-30,33H,2-25,27H2,1H3. The van der Waals surface area contributed by atoms with E-state index >= 15 is 0 Å². The van der Waals surface area contributed by atoms with Crippen molar-refractivity contribution in [3.8, 4) is 5.75 Å². The summed E-state index contributed by atoms with van der Waals surface area (Å²) in [5, 5.41) is 9.50. The van der Waals surface area contributed by atoms with Crippen LogP contribution in [0.5, 0.6) is 5.75 Å². The van der Waals surface area contributed by atoms with Gasteiger partial charge in [-0.05, 0) is 30.5 Å². The van der Waals surface area contributed by atoms with Gasteiger partial charge in [-0.25, -0.2) is 0 Å². The minimum Gasteiger partial charge on any atom is -0.508 e. The van der Waals surface area contributed by atoms with Crippen molar-refractivity contribution in [3.63, 3.8) is 0 Å². The van der Waals surface area contributed by atoms with Crippen LogP contribution in [0.3, 0.4) is 0 Å². The quantitative estimate of drug-likeness (QED) is 0.144. The number of aryl methyl sites for hydroxylation is 1. The largest absolute Gasteiger partial charge is 0.508 e. The van der Waals surface area contributed by atoms with Crippen molar-refractivity contribution in [3.05, 3.63) is 29.8 Å². The van der Waals surface area contributed by atoms with Gasteiger partial charge in [0, 0.05) is 0 Å². The van der Waals surface area contributed by atoms with Gasteiger partial charge in [-0.15, -0.1) is 0 Å². The van der Waals surface area contributed by atoms with Crippen LogP contribution in [-0.4, -0.2) is 5.11 Å². The lowest BCUT2D eigenvalue weighted by atomic mass is 10.0. The zero-order valence-corrected chi connectivity index (χ0v) is 22.4. The minimum absolute atomic E-state index is 0.400. The van der Waals surface area contributed by atoms with Crippen LogP contribution in [-0.2, 0) is 6.42 Å². The zero-order valence-electron chi connectivity index (χ0n) is 22.4. The first kappa shape index (κ1) is 30.1. The molecule has 0 unspecified atom stereocenters. The average molecular weight is 459 g/mol. The Labute approximate surface area is 208 Å². The van der Waals surface area contributed by atoms with Gasteiger partial charge in [-0.3, -0.25) is 0 Å². The summed E-state index contributed by atoms with van der Waals surface area (Å²) < 4.78 is 0. The van der Waals surface area contributed by atoms with Crippen molar-refractivity contribution >= 4 is 0 Å². The van der Waals surface area contributed by atoms with E-state index in [1.54, 1.807) is 6.07 Å². The molecule has 0 saturated carbocycles. The van der Waals surface area contributed by atoms with Gasteiger partial charge in [0.1, 0.15) is 5.75 Å². The minimum atomic E-state index is 0.400. The van der Waals surface area contributed by atoms with Crippen LogP contribution in [0.2, 0.25) is 0 Å². The van der Waals surface area contributed by atoms with Crippen molar-refractivity contribution in [1.29, 1.82) is 0 Å². The van der Waals surface area contributed by atoms with Gasteiger partial charge in [0.15, 0.2) is 0 Å². The summed E-state index contributed by atoms with van der Waals surface area (Å²) in [5.41, 5.74) is 1.27. The topological polar surface area (TPSA) is 20.2 Å². The molecule has 1 heteroatoms. The highest BCUT2D eigenvalue weighted by molar-refractivity contribution is 5.27. The molecule has 1 N–H and O–H groups in total. The van der Waals surface area contributed by atoms with E-state index in [0.717, 1.165) is 6.42 Å². The Hall–Kier alpha value is -0.980. The molecule has 1 nitrogen and oxygen atoms in total. The monoisotopic (exact) mass is 458 g/mol. The summed E-state index contributed by atoms with van der Waals surface area (Å²) in [6.45, 7) is 2.30. The Morgan fingerprint density at radius 1 is 0.455 bits per heavy atom. The molecule has 0 aromatic heterocycles. The maximum Gasteiger partial charge on any atom is 0.115 e. The van der Waals surface area contributed by atoms with Gasteiger partial charge in [0.2, 0.25) is 0 Å². The zero-order chi connectivity index (χ0) is 23.7. The predicted molar refractivity (Wildman–Crippen MR) is 148 cm³/mol. The molecule has 0 amide bonds. The van der Waals surface area contributed by atoms with Crippen molar-refractivity contribution in [2.75, 3.05) is 0 Å². The molecule has 0 atom stereocenters. The maximum atomic E-state index is 9.50. The molecule has 0 aliphatic carbocycles. The molecule has 0 spiro atoms. The molecule has 0 aliphatic heterocycles. The van der Waals surface area contributed by atoms with Gasteiger partial charge >= 0.3 is 0 Å². The van der Waals surface area contributed by atoms with Crippen LogP contribution in [0, 0.1) is 0 Å². The van der Waals surface area contributed by atoms with Gasteiger partial charge in [-0.1, -0.05) is 167 Å². The number of hydrogen-bond donors (Lipinski definition) is 1. The van der Waals surface area contributed by atoms with Crippen LogP contribution >= 0.6 is 0 Å². The summed E-state index contributed by atoms with van der Waals surface area (Å²) >= 11 is 0. The number of phenols is 1. The average Bonchev–Trinajstić information content (AvgIpc) is 2.82. The van der Waals surface area contributed by atoms with Crippen LogP contribution in [0.15, 0.2) is 24.3 Å². The molecular weight excluding hydrogens is 400 g/mol. The Balaban J connectivity index is 1.67. The van der Waals surface area contributed by atoms with Crippen molar-refractivity contribution < 1.29 is 5.11 Å². The van der Waals surface area contributed by atoms with Crippen molar-refractivity contribution in [2.45, 2.75) is 167 Å². The highest BCUT2D eigenvalue weighted by Gasteiger charge is 1.97. The molecule has 33 heavy (non-hydrogen) atoms. The Bertz CT molecular complexity index is 509. The third-order valence-electron chi connectivity index (χ3n) is 7.23. The van der Waals surface area contributed by atoms with Crippen LogP contribution in [0.4, 0.5) is 0 Å². The molecule has 0 aliphatic rings. The fourth-order valence-corrected chi connectivity index (χ4v) is 5.00. The summed E-state index contributed by atoms with van der Waals surface area (Å²) in [7, 11) is 0. The van der Waals surface area contributed by atoms with Crippen molar-refractivity contribution in [1.82, 2.24) is 0 Å². The van der Waals surface area contributed by atoms with Gasteiger partial charge < -0.3 is 5.11 Å². The summed E-state index contributed by atoms with van der Waals surface area (Å²) in [4.78, 5) is 0. The highest BCUT2D eigenvalue weighted by atomic mass is 16.3. The van der Waals surface area contributed by atoms with Crippen LogP contribution in [0.1, 0.15) is 167 Å². The van der Waals surface area contributed by atoms with E-state index in [1.807, 2.05) is 12.1 Å². The third-order valence-corrected chi connectivity index (χ3v) is 7.23. The normalized spacial score (nSPS) is 11.3. The van der Waals surface area contributed by atoms with Crippen molar-refractivity contribution in [2.24, 2.45) is 0 Å². The molecule has 0 bridgehead atoms. The van der Waals surface area contributed by atoms with E-state index in [0.29, 0.717) is 5.75 Å². The molecule has 0 saturated heterocycles. The van der Waals surface area contributed by atoms with E-state index in [4.69, 9.17) is 0 Å². The van der Waals surface area contributed by atoms with Gasteiger partial charge in [-0.2, -0.15) is 0 Å². The van der Waals surface area contributed by atoms with Gasteiger partial charge in [0.05, 0.1) is 0 Å². The second-order valence-corrected chi connectivity index (χ2v) is 10.6. The SMILES string of the molecule is CCCCCCCCCCCCCCCCCCCCCCCCCCc1cccc(O)c1. The fraction of sp³-hybridized carbons (Fsp3) is 0.812. The first-order valence-electron chi connectivity index (χ1n) is 15.1. The smallest absolute Gasteiger partial charge is 0.115 e. The lowest BCUT2D eigenvalue weighted by Gasteiger charge is -2.05. The third kappa shape index (κ3) is 21.3. The highest BCUT2D eigenvalue weighted by Crippen LogP contribution is 2.17. The Morgan fingerprint density at radius 3 is 1.12 bits per heavy atom. The Kier molecular flexibility index (Phi) is 22.0. The Morgan fingerprint density at radius 2 is 0.788 bits per heavy atom. The molecule has 1 aromatic rings. The van der Waals surface area contributed by atoms with E-state index in [9.17, 15) is 5.11 Å². The second-order valence-electron chi connectivity index (χ2n) is 10.6. The number of hydrogen-bond acceptors (Lipinski definition) is 1. The number of rotatable bonds is 25.